The number of hydrogen-bond acceptors (Lipinski definition) is 4. The highest BCUT2D eigenvalue weighted by Gasteiger charge is 2.21. The number of methoxy groups -OCH3 is 1. The van der Waals surface area contributed by atoms with Crippen LogP contribution in [0, 0.1) is 0 Å². The molecule has 0 aliphatic carbocycles. The summed E-state index contributed by atoms with van der Waals surface area (Å²) in [6.45, 7) is 0.774. The number of carbonyl (C=O) groups excluding carboxylic acids is 2. The number of aromatic hydroxyl groups is 1. The van der Waals surface area contributed by atoms with Gasteiger partial charge in [0.1, 0.15) is 0 Å². The quantitative estimate of drug-likeness (QED) is 0.670. The first kappa shape index (κ1) is 16.8. The van der Waals surface area contributed by atoms with E-state index in [1.807, 2.05) is 36.4 Å². The van der Waals surface area contributed by atoms with Crippen molar-refractivity contribution in [2.75, 3.05) is 18.6 Å². The average molecular weight is 337 g/mol. The third-order valence-electron chi connectivity index (χ3n) is 4.22. The number of aldehydes is 1. The zero-order valence-electron chi connectivity index (χ0n) is 13.9. The number of nitrogens with zero attached hydrogens (tertiary/aromatic N) is 1. The second-order valence-electron chi connectivity index (χ2n) is 5.85. The zero-order valence-corrected chi connectivity index (χ0v) is 13.9. The van der Waals surface area contributed by atoms with E-state index in [9.17, 15) is 14.7 Å². The van der Waals surface area contributed by atoms with E-state index in [4.69, 9.17) is 4.74 Å². The van der Waals surface area contributed by atoms with Gasteiger partial charge in [0.15, 0.2) is 17.8 Å². The van der Waals surface area contributed by atoms with Crippen molar-refractivity contribution in [3.63, 3.8) is 0 Å². The SMILES string of the molecule is COc1cc(/C=C/c2ccc(N3CCCC3=O)cc2)cc(C=O)c1O. The van der Waals surface area contributed by atoms with Gasteiger partial charge in [-0.05, 0) is 41.8 Å². The Morgan fingerprint density at radius 1 is 1.12 bits per heavy atom. The van der Waals surface area contributed by atoms with E-state index < -0.39 is 0 Å². The van der Waals surface area contributed by atoms with Crippen LogP contribution in [-0.2, 0) is 4.79 Å². The number of phenolic OH excluding ortho intramolecular Hbond substituents is 1. The monoisotopic (exact) mass is 337 g/mol. The first-order valence-corrected chi connectivity index (χ1v) is 8.07. The van der Waals surface area contributed by atoms with Gasteiger partial charge in [-0.3, -0.25) is 9.59 Å². The summed E-state index contributed by atoms with van der Waals surface area (Å²) in [7, 11) is 1.44. The molecule has 1 fully saturated rings. The van der Waals surface area contributed by atoms with Gasteiger partial charge in [0.25, 0.3) is 0 Å². The van der Waals surface area contributed by atoms with E-state index in [1.165, 1.54) is 7.11 Å². The summed E-state index contributed by atoms with van der Waals surface area (Å²) in [5.41, 5.74) is 2.81. The molecule has 0 saturated carbocycles. The maximum atomic E-state index is 11.8. The lowest BCUT2D eigenvalue weighted by molar-refractivity contribution is -0.117. The Hall–Kier alpha value is -3.08. The Morgan fingerprint density at radius 2 is 1.84 bits per heavy atom. The average Bonchev–Trinajstić information content (AvgIpc) is 3.07. The van der Waals surface area contributed by atoms with Gasteiger partial charge in [-0.25, -0.2) is 0 Å². The van der Waals surface area contributed by atoms with Gasteiger partial charge in [-0.15, -0.1) is 0 Å². The summed E-state index contributed by atoms with van der Waals surface area (Å²) in [4.78, 5) is 24.6. The minimum atomic E-state index is -0.158. The van der Waals surface area contributed by atoms with Gasteiger partial charge in [-0.2, -0.15) is 0 Å². The van der Waals surface area contributed by atoms with Crippen molar-refractivity contribution >= 4 is 30.0 Å². The van der Waals surface area contributed by atoms with Crippen molar-refractivity contribution in [1.29, 1.82) is 0 Å². The molecular weight excluding hydrogens is 318 g/mol. The molecule has 0 bridgehead atoms. The number of phenols is 1. The molecule has 0 spiro atoms. The molecule has 1 heterocycles. The normalized spacial score (nSPS) is 14.3. The predicted molar refractivity (Wildman–Crippen MR) is 97.0 cm³/mol. The molecule has 1 aliphatic rings. The predicted octanol–water partition coefficient (Wildman–Crippen LogP) is 3.51. The molecule has 0 radical (unpaired) electrons. The molecule has 2 aromatic rings. The number of ether oxygens (including phenoxy) is 1. The van der Waals surface area contributed by atoms with Gasteiger partial charge in [0, 0.05) is 18.7 Å². The molecule has 0 aromatic heterocycles. The van der Waals surface area contributed by atoms with Crippen molar-refractivity contribution in [2.24, 2.45) is 0 Å². The van der Waals surface area contributed by atoms with Gasteiger partial charge in [-0.1, -0.05) is 24.3 Å². The summed E-state index contributed by atoms with van der Waals surface area (Å²) in [6.07, 6.45) is 5.85. The third-order valence-corrected chi connectivity index (χ3v) is 4.22. The first-order valence-electron chi connectivity index (χ1n) is 8.07. The molecule has 3 rings (SSSR count). The van der Waals surface area contributed by atoms with Crippen molar-refractivity contribution in [2.45, 2.75) is 12.8 Å². The maximum absolute atomic E-state index is 11.8. The minimum absolute atomic E-state index is 0.158. The lowest BCUT2D eigenvalue weighted by atomic mass is 10.1. The lowest BCUT2D eigenvalue weighted by Gasteiger charge is -2.15. The van der Waals surface area contributed by atoms with Crippen LogP contribution in [0.1, 0.15) is 34.3 Å². The smallest absolute Gasteiger partial charge is 0.227 e. The van der Waals surface area contributed by atoms with E-state index in [2.05, 4.69) is 0 Å². The number of benzene rings is 2. The second kappa shape index (κ2) is 7.21. The van der Waals surface area contributed by atoms with Crippen LogP contribution in [0.4, 0.5) is 5.69 Å². The number of rotatable bonds is 5. The number of anilines is 1. The summed E-state index contributed by atoms with van der Waals surface area (Å²) < 4.78 is 5.08. The Labute approximate surface area is 146 Å². The number of amides is 1. The molecule has 0 atom stereocenters. The highest BCUT2D eigenvalue weighted by molar-refractivity contribution is 5.95. The molecule has 5 heteroatoms. The zero-order chi connectivity index (χ0) is 17.8. The lowest BCUT2D eigenvalue weighted by Crippen LogP contribution is -2.23. The highest BCUT2D eigenvalue weighted by Crippen LogP contribution is 2.31. The molecule has 1 amide bonds. The largest absolute Gasteiger partial charge is 0.504 e. The third kappa shape index (κ3) is 3.55. The molecule has 1 N–H and O–H groups in total. The second-order valence-corrected chi connectivity index (χ2v) is 5.85. The van der Waals surface area contributed by atoms with E-state index in [0.717, 1.165) is 29.8 Å². The van der Waals surface area contributed by atoms with Crippen LogP contribution in [0.2, 0.25) is 0 Å². The van der Waals surface area contributed by atoms with Gasteiger partial charge in [0.05, 0.1) is 12.7 Å². The minimum Gasteiger partial charge on any atom is -0.504 e. The number of hydrogen-bond donors (Lipinski definition) is 1. The van der Waals surface area contributed by atoms with E-state index >= 15 is 0 Å². The van der Waals surface area contributed by atoms with E-state index in [0.29, 0.717) is 12.7 Å². The molecule has 128 valence electrons. The van der Waals surface area contributed by atoms with Crippen LogP contribution in [0.3, 0.4) is 0 Å². The van der Waals surface area contributed by atoms with Crippen LogP contribution in [0.5, 0.6) is 11.5 Å². The molecule has 5 nitrogen and oxygen atoms in total. The Bertz CT molecular complexity index is 824. The molecule has 1 saturated heterocycles. The fourth-order valence-electron chi connectivity index (χ4n) is 2.87. The molecule has 25 heavy (non-hydrogen) atoms. The fourth-order valence-corrected chi connectivity index (χ4v) is 2.87. The Kier molecular flexibility index (Phi) is 4.84. The Morgan fingerprint density at radius 3 is 2.44 bits per heavy atom. The Balaban J connectivity index is 1.80. The standard InChI is InChI=1S/C20H19NO4/c1-25-18-12-15(11-16(13-22)20(18)24)5-4-14-6-8-17(9-7-14)21-10-2-3-19(21)23/h4-9,11-13,24H,2-3,10H2,1H3/b5-4+. The van der Waals surface area contributed by atoms with Crippen molar-refractivity contribution in [1.82, 2.24) is 0 Å². The van der Waals surface area contributed by atoms with E-state index in [-0.39, 0.29) is 23.0 Å². The van der Waals surface area contributed by atoms with Gasteiger partial charge < -0.3 is 14.7 Å². The van der Waals surface area contributed by atoms with Crippen LogP contribution in [-0.4, -0.2) is 31.0 Å². The molecule has 2 aromatic carbocycles. The van der Waals surface area contributed by atoms with Crippen LogP contribution in [0.25, 0.3) is 12.2 Å². The van der Waals surface area contributed by atoms with Crippen LogP contribution >= 0.6 is 0 Å². The number of carbonyl (C=O) groups is 2. The van der Waals surface area contributed by atoms with Gasteiger partial charge >= 0.3 is 0 Å². The summed E-state index contributed by atoms with van der Waals surface area (Å²) in [5.74, 6) is 0.266. The maximum Gasteiger partial charge on any atom is 0.227 e. The summed E-state index contributed by atoms with van der Waals surface area (Å²) >= 11 is 0. The van der Waals surface area contributed by atoms with E-state index in [1.54, 1.807) is 17.0 Å². The molecule has 0 unspecified atom stereocenters. The molecule has 1 aliphatic heterocycles. The topological polar surface area (TPSA) is 66.8 Å². The molecular formula is C20H19NO4. The highest BCUT2D eigenvalue weighted by atomic mass is 16.5. The van der Waals surface area contributed by atoms with Crippen molar-refractivity contribution in [3.8, 4) is 11.5 Å². The van der Waals surface area contributed by atoms with Crippen LogP contribution in [0.15, 0.2) is 36.4 Å². The van der Waals surface area contributed by atoms with Crippen molar-refractivity contribution < 1.29 is 19.4 Å². The summed E-state index contributed by atoms with van der Waals surface area (Å²) in [6, 6.07) is 11.0. The van der Waals surface area contributed by atoms with Crippen LogP contribution < -0.4 is 9.64 Å². The van der Waals surface area contributed by atoms with Gasteiger partial charge in [0.2, 0.25) is 5.91 Å². The first-order chi connectivity index (χ1) is 12.1. The van der Waals surface area contributed by atoms with Crippen molar-refractivity contribution in [3.05, 3.63) is 53.1 Å². The summed E-state index contributed by atoms with van der Waals surface area (Å²) in [5, 5.41) is 9.84. The fraction of sp³-hybridized carbons (Fsp3) is 0.200.